The third-order valence-electron chi connectivity index (χ3n) is 2.38. The van der Waals surface area contributed by atoms with Gasteiger partial charge in [-0.2, -0.15) is 0 Å². The summed E-state index contributed by atoms with van der Waals surface area (Å²) < 4.78 is 17.6. The van der Waals surface area contributed by atoms with Crippen molar-refractivity contribution in [3.8, 4) is 5.75 Å². The summed E-state index contributed by atoms with van der Waals surface area (Å²) in [4.78, 5) is 11.7. The lowest BCUT2D eigenvalue weighted by molar-refractivity contribution is 0.0943. The van der Waals surface area contributed by atoms with Crippen molar-refractivity contribution in [1.82, 2.24) is 5.32 Å². The molecule has 0 saturated carbocycles. The quantitative estimate of drug-likeness (QED) is 0.828. The summed E-state index contributed by atoms with van der Waals surface area (Å²) in [6.45, 7) is 4.01. The van der Waals surface area contributed by atoms with E-state index in [0.717, 1.165) is 0 Å². The Bertz CT molecular complexity index is 441. The summed E-state index contributed by atoms with van der Waals surface area (Å²) in [7, 11) is 0. The van der Waals surface area contributed by atoms with Gasteiger partial charge in [0, 0.05) is 23.7 Å². The second-order valence-corrected chi connectivity index (χ2v) is 4.41. The van der Waals surface area contributed by atoms with Crippen LogP contribution in [0.1, 0.15) is 24.2 Å². The van der Waals surface area contributed by atoms with E-state index in [1.54, 1.807) is 24.3 Å². The van der Waals surface area contributed by atoms with E-state index in [1.807, 2.05) is 13.8 Å². The predicted molar refractivity (Wildman–Crippen MR) is 72.8 cm³/mol. The van der Waals surface area contributed by atoms with Gasteiger partial charge >= 0.3 is 0 Å². The van der Waals surface area contributed by atoms with Gasteiger partial charge in [-0.25, -0.2) is 4.39 Å². The predicted octanol–water partition coefficient (Wildman–Crippen LogP) is 2.02. The van der Waals surface area contributed by atoms with Gasteiger partial charge in [-0.3, -0.25) is 4.79 Å². The van der Waals surface area contributed by atoms with Gasteiger partial charge in [0.15, 0.2) is 0 Å². The lowest BCUT2D eigenvalue weighted by atomic mass is 10.2. The van der Waals surface area contributed by atoms with Crippen LogP contribution in [0.2, 0.25) is 0 Å². The van der Waals surface area contributed by atoms with Gasteiger partial charge in [-0.1, -0.05) is 0 Å². The maximum atomic E-state index is 12.3. The highest BCUT2D eigenvalue weighted by Gasteiger charge is 2.06. The number of hydrogen-bond donors (Lipinski definition) is 2. The van der Waals surface area contributed by atoms with Crippen molar-refractivity contribution in [3.63, 3.8) is 0 Å². The lowest BCUT2D eigenvalue weighted by Gasteiger charge is -2.10. The number of carbonyl (C=O) groups is 1. The molecular formula is C14H19FN2O2. The first-order chi connectivity index (χ1) is 9.06. The fourth-order valence-electron chi connectivity index (χ4n) is 1.36. The van der Waals surface area contributed by atoms with Crippen LogP contribution in [0.15, 0.2) is 36.2 Å². The minimum atomic E-state index is -0.132. The van der Waals surface area contributed by atoms with Crippen LogP contribution in [-0.2, 0) is 0 Å². The fourth-order valence-corrected chi connectivity index (χ4v) is 1.36. The molecule has 3 N–H and O–H groups in total. The SMILES string of the molecule is CC(C)NC(=O)c1ccc(OCC(=CF)CN)cc1. The number of halogens is 1. The van der Waals surface area contributed by atoms with Crippen molar-refractivity contribution in [2.45, 2.75) is 19.9 Å². The largest absolute Gasteiger partial charge is 0.489 e. The zero-order valence-corrected chi connectivity index (χ0v) is 11.2. The molecule has 0 saturated heterocycles. The van der Waals surface area contributed by atoms with Crippen LogP contribution in [0.25, 0.3) is 0 Å². The molecule has 0 aliphatic carbocycles. The molecule has 104 valence electrons. The summed E-state index contributed by atoms with van der Waals surface area (Å²) in [5, 5.41) is 2.79. The first-order valence-corrected chi connectivity index (χ1v) is 6.08. The van der Waals surface area contributed by atoms with Crippen LogP contribution in [0.4, 0.5) is 4.39 Å². The van der Waals surface area contributed by atoms with E-state index < -0.39 is 0 Å². The minimum Gasteiger partial charge on any atom is -0.489 e. The topological polar surface area (TPSA) is 64.3 Å². The standard InChI is InChI=1S/C14H19FN2O2/c1-10(2)17-14(18)12-3-5-13(6-4-12)19-9-11(7-15)8-16/h3-7,10H,8-9,16H2,1-2H3,(H,17,18). The summed E-state index contributed by atoms with van der Waals surface area (Å²) in [6.07, 6.45) is 0.449. The molecule has 0 aliphatic rings. The fraction of sp³-hybridized carbons (Fsp3) is 0.357. The van der Waals surface area contributed by atoms with Gasteiger partial charge in [0.1, 0.15) is 12.4 Å². The van der Waals surface area contributed by atoms with Crippen LogP contribution in [-0.4, -0.2) is 25.1 Å². The maximum Gasteiger partial charge on any atom is 0.251 e. The molecule has 0 spiro atoms. The number of rotatable bonds is 6. The number of hydrogen-bond acceptors (Lipinski definition) is 3. The molecule has 0 unspecified atom stereocenters. The van der Waals surface area contributed by atoms with E-state index in [1.165, 1.54) is 0 Å². The Kier molecular flexibility index (Phi) is 6.02. The van der Waals surface area contributed by atoms with Gasteiger partial charge in [0.05, 0.1) is 6.33 Å². The highest BCUT2D eigenvalue weighted by atomic mass is 19.1. The Morgan fingerprint density at radius 2 is 2.05 bits per heavy atom. The molecule has 0 heterocycles. The Morgan fingerprint density at radius 3 is 2.53 bits per heavy atom. The third-order valence-corrected chi connectivity index (χ3v) is 2.38. The Morgan fingerprint density at radius 1 is 1.42 bits per heavy atom. The molecule has 1 aromatic rings. The number of nitrogens with one attached hydrogen (secondary N) is 1. The van der Waals surface area contributed by atoms with E-state index in [2.05, 4.69) is 5.32 Å². The van der Waals surface area contributed by atoms with E-state index in [9.17, 15) is 9.18 Å². The maximum absolute atomic E-state index is 12.3. The van der Waals surface area contributed by atoms with Gasteiger partial charge in [-0.15, -0.1) is 0 Å². The Balaban J connectivity index is 2.59. The Hall–Kier alpha value is -1.88. The number of benzene rings is 1. The minimum absolute atomic E-state index is 0.0882. The van der Waals surface area contributed by atoms with Crippen LogP contribution in [0, 0.1) is 0 Å². The van der Waals surface area contributed by atoms with Gasteiger partial charge in [0.2, 0.25) is 0 Å². The smallest absolute Gasteiger partial charge is 0.251 e. The molecule has 4 nitrogen and oxygen atoms in total. The first kappa shape index (κ1) is 15.2. The Labute approximate surface area is 112 Å². The molecule has 0 radical (unpaired) electrons. The monoisotopic (exact) mass is 266 g/mol. The van der Waals surface area contributed by atoms with E-state index >= 15 is 0 Å². The molecule has 0 bridgehead atoms. The van der Waals surface area contributed by atoms with Gasteiger partial charge in [-0.05, 0) is 38.1 Å². The molecule has 1 rings (SSSR count). The summed E-state index contributed by atoms with van der Waals surface area (Å²) in [5.74, 6) is 0.432. The molecule has 0 atom stereocenters. The second kappa shape index (κ2) is 7.53. The average Bonchev–Trinajstić information content (AvgIpc) is 2.39. The molecule has 0 aromatic heterocycles. The summed E-state index contributed by atoms with van der Waals surface area (Å²) in [6, 6.07) is 6.75. The van der Waals surface area contributed by atoms with Crippen molar-refractivity contribution < 1.29 is 13.9 Å². The van der Waals surface area contributed by atoms with Gasteiger partial charge < -0.3 is 15.8 Å². The van der Waals surface area contributed by atoms with Crippen LogP contribution < -0.4 is 15.8 Å². The second-order valence-electron chi connectivity index (χ2n) is 4.41. The lowest BCUT2D eigenvalue weighted by Crippen LogP contribution is -2.29. The van der Waals surface area contributed by atoms with E-state index in [-0.39, 0.29) is 25.1 Å². The number of ether oxygens (including phenoxy) is 1. The third kappa shape index (κ3) is 5.09. The van der Waals surface area contributed by atoms with Gasteiger partial charge in [0.25, 0.3) is 5.91 Å². The molecule has 1 amide bonds. The van der Waals surface area contributed by atoms with Crippen LogP contribution in [0.3, 0.4) is 0 Å². The molecule has 1 aromatic carbocycles. The first-order valence-electron chi connectivity index (χ1n) is 6.08. The van der Waals surface area contributed by atoms with Crippen molar-refractivity contribution >= 4 is 5.91 Å². The molecular weight excluding hydrogens is 247 g/mol. The van der Waals surface area contributed by atoms with Crippen molar-refractivity contribution in [2.75, 3.05) is 13.2 Å². The molecule has 19 heavy (non-hydrogen) atoms. The number of amides is 1. The normalized spacial score (nSPS) is 11.5. The van der Waals surface area contributed by atoms with E-state index in [0.29, 0.717) is 23.2 Å². The van der Waals surface area contributed by atoms with Crippen molar-refractivity contribution in [1.29, 1.82) is 0 Å². The number of carbonyl (C=O) groups excluding carboxylic acids is 1. The van der Waals surface area contributed by atoms with Crippen LogP contribution >= 0.6 is 0 Å². The highest BCUT2D eigenvalue weighted by Crippen LogP contribution is 2.13. The highest BCUT2D eigenvalue weighted by molar-refractivity contribution is 5.94. The summed E-state index contributed by atoms with van der Waals surface area (Å²) >= 11 is 0. The molecule has 5 heteroatoms. The molecule has 0 aliphatic heterocycles. The van der Waals surface area contributed by atoms with Crippen molar-refractivity contribution in [2.24, 2.45) is 5.73 Å². The zero-order valence-electron chi connectivity index (χ0n) is 11.2. The number of nitrogens with two attached hydrogens (primary N) is 1. The molecule has 0 fully saturated rings. The van der Waals surface area contributed by atoms with E-state index in [4.69, 9.17) is 10.5 Å². The average molecular weight is 266 g/mol. The zero-order chi connectivity index (χ0) is 14.3. The van der Waals surface area contributed by atoms with Crippen LogP contribution in [0.5, 0.6) is 5.75 Å². The summed E-state index contributed by atoms with van der Waals surface area (Å²) in [5.41, 5.74) is 6.25. The van der Waals surface area contributed by atoms with Crippen molar-refractivity contribution in [3.05, 3.63) is 41.7 Å².